The Morgan fingerprint density at radius 2 is 2.05 bits per heavy atom. The second-order valence-electron chi connectivity index (χ2n) is 5.24. The van der Waals surface area contributed by atoms with Gasteiger partial charge in [-0.2, -0.15) is 4.31 Å². The highest BCUT2D eigenvalue weighted by Gasteiger charge is 2.42. The monoisotopic (exact) mass is 317 g/mol. The minimum Gasteiger partial charge on any atom is -0.481 e. The average molecular weight is 318 g/mol. The second-order valence-corrected chi connectivity index (χ2v) is 7.55. The molecule has 1 saturated heterocycles. The Kier molecular flexibility index (Phi) is 4.09. The number of piperidine rings is 1. The molecule has 1 atom stereocenters. The Morgan fingerprint density at radius 1 is 1.40 bits per heavy atom. The van der Waals surface area contributed by atoms with Gasteiger partial charge in [0.1, 0.15) is 4.90 Å². The number of aliphatic carboxylic acids is 1. The van der Waals surface area contributed by atoms with Crippen LogP contribution in [0.25, 0.3) is 0 Å². The van der Waals surface area contributed by atoms with Crippen molar-refractivity contribution in [2.75, 3.05) is 13.1 Å². The number of carbonyl (C=O) groups is 1. The second kappa shape index (κ2) is 5.35. The van der Waals surface area contributed by atoms with Gasteiger partial charge in [0.2, 0.25) is 10.0 Å². The van der Waals surface area contributed by atoms with Crippen molar-refractivity contribution in [2.45, 2.75) is 24.7 Å². The zero-order valence-electron chi connectivity index (χ0n) is 11.0. The molecule has 1 heterocycles. The molecule has 1 aliphatic rings. The zero-order chi connectivity index (χ0) is 15.0. The number of hydrogen-bond donors (Lipinski definition) is 1. The minimum atomic E-state index is -3.76. The fraction of sp³-hybridized carbons (Fsp3) is 0.462. The first-order valence-corrected chi connectivity index (χ1v) is 8.07. The molecule has 0 aromatic heterocycles. The summed E-state index contributed by atoms with van der Waals surface area (Å²) in [5.41, 5.74) is -1.05. The van der Waals surface area contributed by atoms with Crippen LogP contribution in [0.4, 0.5) is 0 Å². The van der Waals surface area contributed by atoms with Crippen molar-refractivity contribution in [3.63, 3.8) is 0 Å². The van der Waals surface area contributed by atoms with Crippen molar-refractivity contribution in [3.8, 4) is 0 Å². The van der Waals surface area contributed by atoms with E-state index in [4.69, 9.17) is 11.6 Å². The lowest BCUT2D eigenvalue weighted by Crippen LogP contribution is -2.48. The van der Waals surface area contributed by atoms with Crippen molar-refractivity contribution in [3.05, 3.63) is 29.3 Å². The molecule has 1 N–H and O–H groups in total. The maximum absolute atomic E-state index is 12.6. The van der Waals surface area contributed by atoms with Crippen LogP contribution in [-0.2, 0) is 14.8 Å². The molecule has 1 unspecified atom stereocenters. The number of rotatable bonds is 3. The van der Waals surface area contributed by atoms with Crippen molar-refractivity contribution in [1.82, 2.24) is 4.31 Å². The molecule has 110 valence electrons. The van der Waals surface area contributed by atoms with Crippen LogP contribution in [0.5, 0.6) is 0 Å². The third kappa shape index (κ3) is 2.68. The van der Waals surface area contributed by atoms with Crippen molar-refractivity contribution < 1.29 is 18.3 Å². The van der Waals surface area contributed by atoms with Crippen LogP contribution < -0.4 is 0 Å². The number of nitrogens with zero attached hydrogens (tertiary/aromatic N) is 1. The molecule has 1 aromatic rings. The first-order valence-electron chi connectivity index (χ1n) is 6.25. The number of hydrogen-bond acceptors (Lipinski definition) is 3. The number of halogens is 1. The molecule has 0 spiro atoms. The molecule has 20 heavy (non-hydrogen) atoms. The first-order chi connectivity index (χ1) is 9.27. The molecular formula is C13H16ClNO4S. The van der Waals surface area contributed by atoms with Crippen LogP contribution in [0.3, 0.4) is 0 Å². The summed E-state index contributed by atoms with van der Waals surface area (Å²) in [6.07, 6.45) is 0.989. The summed E-state index contributed by atoms with van der Waals surface area (Å²) in [6.45, 7) is 1.86. The third-order valence-corrected chi connectivity index (χ3v) is 5.98. The summed E-state index contributed by atoms with van der Waals surface area (Å²) >= 11 is 5.94. The van der Waals surface area contributed by atoms with Gasteiger partial charge >= 0.3 is 5.97 Å². The Bertz CT molecular complexity index is 631. The SMILES string of the molecule is CC1(C(=O)O)CCCN(S(=O)(=O)c2ccccc2Cl)C1. The van der Waals surface area contributed by atoms with Crippen LogP contribution in [0, 0.1) is 5.41 Å². The molecule has 0 amide bonds. The minimum absolute atomic E-state index is 0.0244. The molecule has 5 nitrogen and oxygen atoms in total. The highest BCUT2D eigenvalue weighted by Crippen LogP contribution is 2.34. The van der Waals surface area contributed by atoms with E-state index in [-0.39, 0.29) is 16.5 Å². The Hall–Kier alpha value is -1.11. The number of benzene rings is 1. The van der Waals surface area contributed by atoms with Gasteiger partial charge in [0.05, 0.1) is 10.4 Å². The summed E-state index contributed by atoms with van der Waals surface area (Å²) in [7, 11) is -3.76. The van der Waals surface area contributed by atoms with Crippen LogP contribution in [0.1, 0.15) is 19.8 Å². The lowest BCUT2D eigenvalue weighted by Gasteiger charge is -2.36. The summed E-state index contributed by atoms with van der Waals surface area (Å²) in [4.78, 5) is 11.3. The van der Waals surface area contributed by atoms with Crippen LogP contribution >= 0.6 is 11.6 Å². The topological polar surface area (TPSA) is 74.7 Å². The molecule has 1 aliphatic heterocycles. The molecule has 0 bridgehead atoms. The van der Waals surface area contributed by atoms with E-state index in [0.29, 0.717) is 19.4 Å². The van der Waals surface area contributed by atoms with Crippen LogP contribution in [-0.4, -0.2) is 36.9 Å². The molecule has 0 radical (unpaired) electrons. The number of sulfonamides is 1. The van der Waals surface area contributed by atoms with Crippen molar-refractivity contribution in [2.24, 2.45) is 5.41 Å². The largest absolute Gasteiger partial charge is 0.481 e. The summed E-state index contributed by atoms with van der Waals surface area (Å²) in [5, 5.41) is 9.41. The van der Waals surface area contributed by atoms with Gasteiger partial charge in [-0.15, -0.1) is 0 Å². The van der Waals surface area contributed by atoms with E-state index in [9.17, 15) is 18.3 Å². The fourth-order valence-electron chi connectivity index (χ4n) is 2.37. The Labute approximate surface area is 123 Å². The van der Waals surface area contributed by atoms with Gasteiger partial charge in [-0.05, 0) is 31.9 Å². The highest BCUT2D eigenvalue weighted by molar-refractivity contribution is 7.89. The van der Waals surface area contributed by atoms with Gasteiger partial charge < -0.3 is 5.11 Å². The van der Waals surface area contributed by atoms with Crippen molar-refractivity contribution in [1.29, 1.82) is 0 Å². The maximum atomic E-state index is 12.6. The highest BCUT2D eigenvalue weighted by atomic mass is 35.5. The normalized spacial score (nSPS) is 24.5. The van der Waals surface area contributed by atoms with Gasteiger partial charge in [-0.1, -0.05) is 23.7 Å². The quantitative estimate of drug-likeness (QED) is 0.927. The van der Waals surface area contributed by atoms with Gasteiger partial charge in [0.25, 0.3) is 0 Å². The lowest BCUT2D eigenvalue weighted by atomic mass is 9.83. The van der Waals surface area contributed by atoms with Gasteiger partial charge in [-0.3, -0.25) is 4.79 Å². The van der Waals surface area contributed by atoms with E-state index in [1.165, 1.54) is 16.4 Å². The molecule has 0 saturated carbocycles. The van der Waals surface area contributed by atoms with E-state index >= 15 is 0 Å². The predicted molar refractivity (Wildman–Crippen MR) is 75.2 cm³/mol. The summed E-state index contributed by atoms with van der Waals surface area (Å²) < 4.78 is 26.3. The smallest absolute Gasteiger partial charge is 0.310 e. The first kappa shape index (κ1) is 15.3. The van der Waals surface area contributed by atoms with E-state index < -0.39 is 21.4 Å². The van der Waals surface area contributed by atoms with E-state index in [1.54, 1.807) is 19.1 Å². The zero-order valence-corrected chi connectivity index (χ0v) is 12.6. The maximum Gasteiger partial charge on any atom is 0.310 e. The molecule has 1 fully saturated rings. The number of carboxylic acids is 1. The summed E-state index contributed by atoms with van der Waals surface area (Å²) in [6, 6.07) is 6.19. The molecule has 1 aromatic carbocycles. The fourth-order valence-corrected chi connectivity index (χ4v) is 4.46. The van der Waals surface area contributed by atoms with Gasteiger partial charge in [0, 0.05) is 13.1 Å². The Balaban J connectivity index is 2.36. The van der Waals surface area contributed by atoms with Crippen molar-refractivity contribution >= 4 is 27.6 Å². The molecule has 7 heteroatoms. The molecular weight excluding hydrogens is 302 g/mol. The van der Waals surface area contributed by atoms with Gasteiger partial charge in [0.15, 0.2) is 0 Å². The van der Waals surface area contributed by atoms with E-state index in [1.807, 2.05) is 0 Å². The summed E-state index contributed by atoms with van der Waals surface area (Å²) in [5.74, 6) is -0.975. The van der Waals surface area contributed by atoms with Crippen LogP contribution in [0.2, 0.25) is 5.02 Å². The molecule has 2 rings (SSSR count). The van der Waals surface area contributed by atoms with Crippen LogP contribution in [0.15, 0.2) is 29.2 Å². The third-order valence-electron chi connectivity index (χ3n) is 3.63. The standard InChI is InChI=1S/C13H16ClNO4S/c1-13(12(16)17)7-4-8-15(9-13)20(18,19)11-6-3-2-5-10(11)14/h2-3,5-6H,4,7-9H2,1H3,(H,16,17). The van der Waals surface area contributed by atoms with E-state index in [0.717, 1.165) is 0 Å². The number of carboxylic acid groups (broad SMARTS) is 1. The lowest BCUT2D eigenvalue weighted by molar-refractivity contribution is -0.150. The Morgan fingerprint density at radius 3 is 2.65 bits per heavy atom. The molecule has 0 aliphatic carbocycles. The van der Waals surface area contributed by atoms with E-state index in [2.05, 4.69) is 0 Å². The van der Waals surface area contributed by atoms with Gasteiger partial charge in [-0.25, -0.2) is 8.42 Å². The predicted octanol–water partition coefficient (Wildman–Crippen LogP) is 2.22. The average Bonchev–Trinajstić information content (AvgIpc) is 2.39.